The Kier molecular flexibility index (Phi) is 5.08. The van der Waals surface area contributed by atoms with E-state index in [-0.39, 0.29) is 17.6 Å². The number of amides is 1. The predicted octanol–water partition coefficient (Wildman–Crippen LogP) is 1.14. The molecular formula is C18H26N2O4. The summed E-state index contributed by atoms with van der Waals surface area (Å²) in [7, 11) is 5.19. The zero-order chi connectivity index (χ0) is 17.2. The lowest BCUT2D eigenvalue weighted by Crippen LogP contribution is -2.52. The first-order chi connectivity index (χ1) is 11.5. The van der Waals surface area contributed by atoms with Crippen molar-refractivity contribution >= 4 is 5.91 Å². The molecule has 1 aromatic rings. The summed E-state index contributed by atoms with van der Waals surface area (Å²) >= 11 is 0. The van der Waals surface area contributed by atoms with E-state index in [1.807, 2.05) is 12.1 Å². The van der Waals surface area contributed by atoms with Crippen molar-refractivity contribution in [3.05, 3.63) is 29.8 Å². The summed E-state index contributed by atoms with van der Waals surface area (Å²) in [6, 6.07) is 8.14. The van der Waals surface area contributed by atoms with Gasteiger partial charge in [0.1, 0.15) is 17.5 Å². The summed E-state index contributed by atoms with van der Waals surface area (Å²) in [5, 5.41) is 0. The molecule has 2 atom stereocenters. The van der Waals surface area contributed by atoms with E-state index in [0.717, 1.165) is 25.4 Å². The van der Waals surface area contributed by atoms with Crippen molar-refractivity contribution in [2.75, 3.05) is 47.5 Å². The van der Waals surface area contributed by atoms with Crippen LogP contribution in [0.3, 0.4) is 0 Å². The number of hydrogen-bond donors (Lipinski definition) is 0. The van der Waals surface area contributed by atoms with Crippen LogP contribution in [0.2, 0.25) is 0 Å². The molecule has 1 amide bonds. The molecule has 2 fully saturated rings. The minimum Gasteiger partial charge on any atom is -0.497 e. The summed E-state index contributed by atoms with van der Waals surface area (Å²) in [6.45, 7) is 3.69. The quantitative estimate of drug-likeness (QED) is 0.827. The standard InChI is InChI=1S/C18H26N2O4/c1-19(2)17(21)16-10-18(13-23-16)12-20(8-9-24-18)11-14-4-6-15(22-3)7-5-14/h4-7,16H,8-13H2,1-3H3. The van der Waals surface area contributed by atoms with Crippen LogP contribution in [-0.2, 0) is 20.8 Å². The van der Waals surface area contributed by atoms with Gasteiger partial charge in [-0.05, 0) is 17.7 Å². The Balaban J connectivity index is 1.61. The Morgan fingerprint density at radius 2 is 2.12 bits per heavy atom. The van der Waals surface area contributed by atoms with Crippen molar-refractivity contribution < 1.29 is 19.0 Å². The lowest BCUT2D eigenvalue weighted by Gasteiger charge is -2.39. The van der Waals surface area contributed by atoms with Gasteiger partial charge < -0.3 is 19.1 Å². The van der Waals surface area contributed by atoms with E-state index >= 15 is 0 Å². The number of methoxy groups -OCH3 is 1. The third-order valence-electron chi connectivity index (χ3n) is 4.71. The van der Waals surface area contributed by atoms with Crippen LogP contribution in [0.15, 0.2) is 24.3 Å². The van der Waals surface area contributed by atoms with E-state index in [1.54, 1.807) is 26.1 Å². The summed E-state index contributed by atoms with van der Waals surface area (Å²) in [5.41, 5.74) is 0.883. The van der Waals surface area contributed by atoms with E-state index in [1.165, 1.54) is 5.56 Å². The van der Waals surface area contributed by atoms with E-state index in [0.29, 0.717) is 19.6 Å². The second kappa shape index (κ2) is 7.09. The number of ether oxygens (including phenoxy) is 3. The molecule has 0 aliphatic carbocycles. The van der Waals surface area contributed by atoms with Gasteiger partial charge in [0, 0.05) is 40.2 Å². The molecule has 2 aliphatic heterocycles. The zero-order valence-electron chi connectivity index (χ0n) is 14.7. The molecule has 6 heteroatoms. The normalized spacial score (nSPS) is 27.4. The Bertz CT molecular complexity index is 575. The molecule has 0 aromatic heterocycles. The molecule has 2 unspecified atom stereocenters. The van der Waals surface area contributed by atoms with Crippen LogP contribution in [0.25, 0.3) is 0 Å². The number of likely N-dealkylation sites (N-methyl/N-ethyl adjacent to an activating group) is 1. The van der Waals surface area contributed by atoms with Gasteiger partial charge in [-0.2, -0.15) is 0 Å². The van der Waals surface area contributed by atoms with Crippen molar-refractivity contribution in [2.45, 2.75) is 24.7 Å². The van der Waals surface area contributed by atoms with Gasteiger partial charge in [0.2, 0.25) is 0 Å². The lowest BCUT2D eigenvalue weighted by molar-refractivity contribution is -0.138. The van der Waals surface area contributed by atoms with E-state index in [9.17, 15) is 4.79 Å². The molecule has 0 saturated carbocycles. The molecule has 6 nitrogen and oxygen atoms in total. The number of rotatable bonds is 4. The Labute approximate surface area is 143 Å². The minimum atomic E-state index is -0.388. The molecule has 2 saturated heterocycles. The summed E-state index contributed by atoms with van der Waals surface area (Å²) < 4.78 is 17.0. The van der Waals surface area contributed by atoms with Crippen LogP contribution in [-0.4, -0.2) is 74.9 Å². The Hall–Kier alpha value is -1.63. The largest absolute Gasteiger partial charge is 0.497 e. The highest BCUT2D eigenvalue weighted by atomic mass is 16.6. The first kappa shape index (κ1) is 17.2. The second-order valence-corrected chi connectivity index (χ2v) is 6.83. The molecular weight excluding hydrogens is 308 g/mol. The maximum Gasteiger partial charge on any atom is 0.251 e. The van der Waals surface area contributed by atoms with Gasteiger partial charge >= 0.3 is 0 Å². The SMILES string of the molecule is COc1ccc(CN2CCOC3(COC(C(=O)N(C)C)C3)C2)cc1. The molecule has 0 N–H and O–H groups in total. The van der Waals surface area contributed by atoms with Crippen LogP contribution in [0.5, 0.6) is 5.75 Å². The number of morpholine rings is 1. The van der Waals surface area contributed by atoms with Gasteiger partial charge in [-0.3, -0.25) is 9.69 Å². The summed E-state index contributed by atoms with van der Waals surface area (Å²) in [4.78, 5) is 16.1. The van der Waals surface area contributed by atoms with E-state index < -0.39 is 0 Å². The molecule has 1 aromatic carbocycles. The Morgan fingerprint density at radius 1 is 1.38 bits per heavy atom. The molecule has 0 bridgehead atoms. The highest BCUT2D eigenvalue weighted by Crippen LogP contribution is 2.32. The number of carbonyl (C=O) groups is 1. The average molecular weight is 334 g/mol. The zero-order valence-corrected chi connectivity index (χ0v) is 14.7. The van der Waals surface area contributed by atoms with Gasteiger partial charge in [0.15, 0.2) is 0 Å². The fourth-order valence-corrected chi connectivity index (χ4v) is 3.41. The van der Waals surface area contributed by atoms with Crippen molar-refractivity contribution in [2.24, 2.45) is 0 Å². The number of nitrogens with zero attached hydrogens (tertiary/aromatic N) is 2. The van der Waals surface area contributed by atoms with Gasteiger partial charge in [-0.25, -0.2) is 0 Å². The first-order valence-electron chi connectivity index (χ1n) is 8.33. The Morgan fingerprint density at radius 3 is 2.79 bits per heavy atom. The highest BCUT2D eigenvalue weighted by Gasteiger charge is 2.47. The molecule has 132 valence electrons. The second-order valence-electron chi connectivity index (χ2n) is 6.83. The van der Waals surface area contributed by atoms with Gasteiger partial charge in [0.05, 0.1) is 20.3 Å². The number of hydrogen-bond acceptors (Lipinski definition) is 5. The van der Waals surface area contributed by atoms with E-state index in [2.05, 4.69) is 17.0 Å². The van der Waals surface area contributed by atoms with Crippen LogP contribution >= 0.6 is 0 Å². The van der Waals surface area contributed by atoms with Gasteiger partial charge in [0.25, 0.3) is 5.91 Å². The van der Waals surface area contributed by atoms with Crippen LogP contribution < -0.4 is 4.74 Å². The smallest absolute Gasteiger partial charge is 0.251 e. The summed E-state index contributed by atoms with van der Waals surface area (Å²) in [6.07, 6.45) is 0.240. The molecule has 2 heterocycles. The van der Waals surface area contributed by atoms with Crippen LogP contribution in [0.4, 0.5) is 0 Å². The average Bonchev–Trinajstić information content (AvgIpc) is 2.98. The topological polar surface area (TPSA) is 51.2 Å². The number of carbonyl (C=O) groups excluding carboxylic acids is 1. The predicted molar refractivity (Wildman–Crippen MR) is 90.0 cm³/mol. The van der Waals surface area contributed by atoms with Crippen molar-refractivity contribution in [1.82, 2.24) is 9.80 Å². The lowest BCUT2D eigenvalue weighted by atomic mass is 9.97. The van der Waals surface area contributed by atoms with Crippen molar-refractivity contribution in [3.63, 3.8) is 0 Å². The van der Waals surface area contributed by atoms with Crippen molar-refractivity contribution in [1.29, 1.82) is 0 Å². The molecule has 1 spiro atoms. The minimum absolute atomic E-state index is 0.0164. The van der Waals surface area contributed by atoms with Crippen LogP contribution in [0.1, 0.15) is 12.0 Å². The highest BCUT2D eigenvalue weighted by molar-refractivity contribution is 5.80. The fraction of sp³-hybridized carbons (Fsp3) is 0.611. The first-order valence-corrected chi connectivity index (χ1v) is 8.33. The van der Waals surface area contributed by atoms with E-state index in [4.69, 9.17) is 14.2 Å². The maximum absolute atomic E-state index is 12.1. The van der Waals surface area contributed by atoms with Crippen LogP contribution in [0, 0.1) is 0 Å². The molecule has 0 radical (unpaired) electrons. The third kappa shape index (κ3) is 3.71. The van der Waals surface area contributed by atoms with Gasteiger partial charge in [-0.1, -0.05) is 12.1 Å². The van der Waals surface area contributed by atoms with Gasteiger partial charge in [-0.15, -0.1) is 0 Å². The monoisotopic (exact) mass is 334 g/mol. The van der Waals surface area contributed by atoms with Crippen molar-refractivity contribution in [3.8, 4) is 5.75 Å². The maximum atomic E-state index is 12.1. The molecule has 2 aliphatic rings. The summed E-state index contributed by atoms with van der Waals surface area (Å²) in [5.74, 6) is 0.884. The third-order valence-corrected chi connectivity index (χ3v) is 4.71. The molecule has 3 rings (SSSR count). The fourth-order valence-electron chi connectivity index (χ4n) is 3.41. The number of benzene rings is 1. The molecule has 24 heavy (non-hydrogen) atoms.